The van der Waals surface area contributed by atoms with Gasteiger partial charge in [0.2, 0.25) is 0 Å². The van der Waals surface area contributed by atoms with Crippen molar-refractivity contribution >= 4 is 17.2 Å². The van der Waals surface area contributed by atoms with E-state index in [9.17, 15) is 14.9 Å². The predicted molar refractivity (Wildman–Crippen MR) is 69.2 cm³/mol. The van der Waals surface area contributed by atoms with E-state index in [1.54, 1.807) is 12.1 Å². The number of anilines is 1. The Hall–Kier alpha value is -1.91. The molecular formula is C13H16N2O3. The molecule has 0 spiro atoms. The summed E-state index contributed by atoms with van der Waals surface area (Å²) in [6.07, 6.45) is 3.44. The Balaban J connectivity index is 2.36. The molecule has 1 aromatic carbocycles. The van der Waals surface area contributed by atoms with Crippen LogP contribution in [-0.4, -0.2) is 23.8 Å². The van der Waals surface area contributed by atoms with E-state index in [0.29, 0.717) is 0 Å². The maximum atomic E-state index is 11.3. The SMILES string of the molecule is CC(=O)c1ccc(N2CCCCC2)cc1[N+](=O)[O-]. The van der Waals surface area contributed by atoms with Gasteiger partial charge in [-0.3, -0.25) is 14.9 Å². The predicted octanol–water partition coefficient (Wildman–Crippen LogP) is 2.79. The van der Waals surface area contributed by atoms with Gasteiger partial charge in [0.1, 0.15) is 0 Å². The molecule has 1 aromatic rings. The van der Waals surface area contributed by atoms with Crippen molar-refractivity contribution in [1.29, 1.82) is 0 Å². The van der Waals surface area contributed by atoms with Crippen LogP contribution in [0.25, 0.3) is 0 Å². The number of nitro benzene ring substituents is 1. The lowest BCUT2D eigenvalue weighted by atomic mass is 10.1. The molecule has 0 radical (unpaired) electrons. The van der Waals surface area contributed by atoms with E-state index in [-0.39, 0.29) is 17.0 Å². The van der Waals surface area contributed by atoms with E-state index >= 15 is 0 Å². The van der Waals surface area contributed by atoms with Crippen LogP contribution in [0.15, 0.2) is 18.2 Å². The van der Waals surface area contributed by atoms with Gasteiger partial charge in [0.05, 0.1) is 10.5 Å². The van der Waals surface area contributed by atoms with Gasteiger partial charge in [-0.1, -0.05) is 0 Å². The summed E-state index contributed by atoms with van der Waals surface area (Å²) in [5, 5.41) is 11.0. The van der Waals surface area contributed by atoms with E-state index in [4.69, 9.17) is 0 Å². The number of nitro groups is 1. The van der Waals surface area contributed by atoms with Crippen LogP contribution in [0.5, 0.6) is 0 Å². The molecule has 18 heavy (non-hydrogen) atoms. The van der Waals surface area contributed by atoms with E-state index < -0.39 is 4.92 Å². The lowest BCUT2D eigenvalue weighted by Gasteiger charge is -2.28. The number of carbonyl (C=O) groups is 1. The quantitative estimate of drug-likeness (QED) is 0.468. The highest BCUT2D eigenvalue weighted by Gasteiger charge is 2.20. The number of ketones is 1. The molecular weight excluding hydrogens is 232 g/mol. The molecule has 5 heteroatoms. The Morgan fingerprint density at radius 2 is 1.94 bits per heavy atom. The summed E-state index contributed by atoms with van der Waals surface area (Å²) < 4.78 is 0. The van der Waals surface area contributed by atoms with Crippen molar-refractivity contribution in [3.8, 4) is 0 Å². The Bertz CT molecular complexity index is 479. The summed E-state index contributed by atoms with van der Waals surface area (Å²) in [5.41, 5.74) is 0.928. The Morgan fingerprint density at radius 1 is 1.28 bits per heavy atom. The third-order valence-electron chi connectivity index (χ3n) is 3.28. The largest absolute Gasteiger partial charge is 0.371 e. The Kier molecular flexibility index (Phi) is 3.60. The van der Waals surface area contributed by atoms with Crippen LogP contribution in [0.3, 0.4) is 0 Å². The summed E-state index contributed by atoms with van der Waals surface area (Å²) in [6.45, 7) is 3.20. The van der Waals surface area contributed by atoms with Gasteiger partial charge in [-0.05, 0) is 38.3 Å². The van der Waals surface area contributed by atoms with Crippen LogP contribution < -0.4 is 4.90 Å². The van der Waals surface area contributed by atoms with Gasteiger partial charge in [-0.25, -0.2) is 0 Å². The first kappa shape index (κ1) is 12.5. The second-order valence-corrected chi connectivity index (χ2v) is 4.56. The second-order valence-electron chi connectivity index (χ2n) is 4.56. The number of hydrogen-bond acceptors (Lipinski definition) is 4. The molecule has 0 bridgehead atoms. The molecule has 2 rings (SSSR count). The van der Waals surface area contributed by atoms with E-state index in [0.717, 1.165) is 31.6 Å². The van der Waals surface area contributed by atoms with Crippen molar-refractivity contribution in [3.63, 3.8) is 0 Å². The number of nitrogens with zero attached hydrogens (tertiary/aromatic N) is 2. The lowest BCUT2D eigenvalue weighted by molar-refractivity contribution is -0.385. The molecule has 0 unspecified atom stereocenters. The fourth-order valence-electron chi connectivity index (χ4n) is 2.32. The number of hydrogen-bond donors (Lipinski definition) is 0. The first-order valence-electron chi connectivity index (χ1n) is 6.14. The van der Waals surface area contributed by atoms with Crippen LogP contribution in [0, 0.1) is 10.1 Å². The van der Waals surface area contributed by atoms with Crippen molar-refractivity contribution in [1.82, 2.24) is 0 Å². The van der Waals surface area contributed by atoms with E-state index in [1.807, 2.05) is 0 Å². The molecule has 1 heterocycles. The molecule has 0 N–H and O–H groups in total. The van der Waals surface area contributed by atoms with Gasteiger partial charge in [0, 0.05) is 24.8 Å². The summed E-state index contributed by atoms with van der Waals surface area (Å²) in [7, 11) is 0. The van der Waals surface area contributed by atoms with Crippen LogP contribution in [0.1, 0.15) is 36.5 Å². The molecule has 96 valence electrons. The van der Waals surface area contributed by atoms with Crippen molar-refractivity contribution in [2.24, 2.45) is 0 Å². The normalized spacial score (nSPS) is 15.5. The van der Waals surface area contributed by atoms with Gasteiger partial charge in [-0.2, -0.15) is 0 Å². The summed E-state index contributed by atoms with van der Waals surface area (Å²) >= 11 is 0. The molecule has 1 fully saturated rings. The first-order chi connectivity index (χ1) is 8.59. The molecule has 5 nitrogen and oxygen atoms in total. The summed E-state index contributed by atoms with van der Waals surface area (Å²) in [5.74, 6) is -0.271. The molecule has 0 saturated carbocycles. The van der Waals surface area contributed by atoms with Crippen LogP contribution in [-0.2, 0) is 0 Å². The Morgan fingerprint density at radius 3 is 2.50 bits per heavy atom. The van der Waals surface area contributed by atoms with Gasteiger partial charge >= 0.3 is 0 Å². The fraction of sp³-hybridized carbons (Fsp3) is 0.462. The standard InChI is InChI=1S/C13H16N2O3/c1-10(16)12-6-5-11(9-13(12)15(17)18)14-7-3-2-4-8-14/h5-6,9H,2-4,7-8H2,1H3. The van der Waals surface area contributed by atoms with E-state index in [1.165, 1.54) is 19.4 Å². The number of benzene rings is 1. The summed E-state index contributed by atoms with van der Waals surface area (Å²) in [6, 6.07) is 4.88. The number of rotatable bonds is 3. The Labute approximate surface area is 106 Å². The van der Waals surface area contributed by atoms with Crippen LogP contribution in [0.4, 0.5) is 11.4 Å². The minimum absolute atomic E-state index is 0.0921. The zero-order chi connectivity index (χ0) is 13.1. The minimum Gasteiger partial charge on any atom is -0.371 e. The maximum Gasteiger partial charge on any atom is 0.282 e. The van der Waals surface area contributed by atoms with Crippen LogP contribution in [0.2, 0.25) is 0 Å². The maximum absolute atomic E-state index is 11.3. The van der Waals surface area contributed by atoms with E-state index in [2.05, 4.69) is 4.90 Å². The number of carbonyl (C=O) groups excluding carboxylic acids is 1. The number of piperidine rings is 1. The highest BCUT2D eigenvalue weighted by molar-refractivity contribution is 5.98. The van der Waals surface area contributed by atoms with Crippen molar-refractivity contribution in [3.05, 3.63) is 33.9 Å². The van der Waals surface area contributed by atoms with Crippen molar-refractivity contribution in [2.45, 2.75) is 26.2 Å². The molecule has 1 saturated heterocycles. The smallest absolute Gasteiger partial charge is 0.282 e. The molecule has 0 amide bonds. The highest BCUT2D eigenvalue weighted by atomic mass is 16.6. The van der Waals surface area contributed by atoms with Gasteiger partial charge < -0.3 is 4.90 Å². The topological polar surface area (TPSA) is 63.5 Å². The summed E-state index contributed by atoms with van der Waals surface area (Å²) in [4.78, 5) is 24.0. The van der Waals surface area contributed by atoms with Crippen LogP contribution >= 0.6 is 0 Å². The monoisotopic (exact) mass is 248 g/mol. The number of Topliss-reactive ketones (excluding diaryl/α,β-unsaturated/α-hetero) is 1. The first-order valence-corrected chi connectivity index (χ1v) is 6.14. The minimum atomic E-state index is -0.482. The van der Waals surface area contributed by atoms with Gasteiger partial charge in [0.15, 0.2) is 5.78 Å². The third-order valence-corrected chi connectivity index (χ3v) is 3.28. The molecule has 0 aromatic heterocycles. The second kappa shape index (κ2) is 5.16. The fourth-order valence-corrected chi connectivity index (χ4v) is 2.32. The third kappa shape index (κ3) is 2.50. The van der Waals surface area contributed by atoms with Crippen molar-refractivity contribution in [2.75, 3.05) is 18.0 Å². The molecule has 0 aliphatic carbocycles. The molecule has 1 aliphatic heterocycles. The highest BCUT2D eigenvalue weighted by Crippen LogP contribution is 2.27. The molecule has 0 atom stereocenters. The molecule has 1 aliphatic rings. The average molecular weight is 248 g/mol. The van der Waals surface area contributed by atoms with Gasteiger partial charge in [-0.15, -0.1) is 0 Å². The zero-order valence-electron chi connectivity index (χ0n) is 10.4. The lowest BCUT2D eigenvalue weighted by Crippen LogP contribution is -2.29. The van der Waals surface area contributed by atoms with Crippen molar-refractivity contribution < 1.29 is 9.72 Å². The van der Waals surface area contributed by atoms with Gasteiger partial charge in [0.25, 0.3) is 5.69 Å². The zero-order valence-corrected chi connectivity index (χ0v) is 10.4. The average Bonchev–Trinajstić information content (AvgIpc) is 2.39.